The number of carbonyl (C=O) groups excluding carboxylic acids is 2. The molecule has 0 aliphatic heterocycles. The molecule has 0 aromatic carbocycles. The van der Waals surface area contributed by atoms with Crippen molar-refractivity contribution in [1.82, 2.24) is 0 Å². The number of carboxylic acids is 2. The van der Waals surface area contributed by atoms with E-state index in [4.69, 9.17) is 0 Å². The van der Waals surface area contributed by atoms with Gasteiger partial charge in [-0.25, -0.2) is 0 Å². The van der Waals surface area contributed by atoms with E-state index in [0.29, 0.717) is 0 Å². The van der Waals surface area contributed by atoms with Gasteiger partial charge in [-0.2, -0.15) is 0 Å². The zero-order chi connectivity index (χ0) is 16.9. The van der Waals surface area contributed by atoms with Gasteiger partial charge in [-0.15, -0.1) is 0 Å². The molecule has 0 atom stereocenters. The Labute approximate surface area is 139 Å². The standard InChI is InChI=1S/2C4H6O2.2C4H9.Sn/c2*1-2-3-4(5)6;2*1-3-4-2;/h2*2-3H,1H3,(H,5,6);2*1,3-4H2,2H3;/q;;;;+2/p-2. The molecular formula is C16H28O4Sn. The summed E-state index contributed by atoms with van der Waals surface area (Å²) < 4.78 is 3.25. The Morgan fingerprint density at radius 1 is 0.857 bits per heavy atom. The molecule has 21 heavy (non-hydrogen) atoms. The summed E-state index contributed by atoms with van der Waals surface area (Å²) in [6.07, 6.45) is 10.6. The van der Waals surface area contributed by atoms with Crippen LogP contribution in [0.1, 0.15) is 53.4 Å². The molecule has 0 saturated heterocycles. The average molecular weight is 403 g/mol. The van der Waals surface area contributed by atoms with Crippen molar-refractivity contribution >= 4 is 33.1 Å². The van der Waals surface area contributed by atoms with E-state index >= 15 is 0 Å². The SMILES string of the molecule is CC=CC(=O)[O-].CC=CC(=O)[O-].CCC[CH2][Sn+2][CH2]CCC. The van der Waals surface area contributed by atoms with Crippen LogP contribution in [0.3, 0.4) is 0 Å². The third-order valence-electron chi connectivity index (χ3n) is 2.02. The van der Waals surface area contributed by atoms with E-state index in [1.54, 1.807) is 22.7 Å². The second-order valence-corrected chi connectivity index (χ2v) is 8.38. The minimum absolute atomic E-state index is 0.149. The molecular weight excluding hydrogens is 375 g/mol. The number of rotatable bonds is 8. The molecule has 0 aromatic heterocycles. The Bertz CT molecular complexity index is 258. The Hall–Kier alpha value is -0.781. The number of aliphatic carboxylic acids is 2. The fraction of sp³-hybridized carbons (Fsp3) is 0.625. The molecule has 4 nitrogen and oxygen atoms in total. The maximum absolute atomic E-state index is 9.40. The van der Waals surface area contributed by atoms with E-state index in [0.717, 1.165) is 12.2 Å². The molecule has 0 heterocycles. The Kier molecular flexibility index (Phi) is 29.1. The zero-order valence-electron chi connectivity index (χ0n) is 13.7. The minimum atomic E-state index is -1.14. The third kappa shape index (κ3) is 45.3. The van der Waals surface area contributed by atoms with Crippen molar-refractivity contribution in [3.63, 3.8) is 0 Å². The Balaban J connectivity index is -0.000000240. The van der Waals surface area contributed by atoms with Crippen molar-refractivity contribution in [2.75, 3.05) is 0 Å². The van der Waals surface area contributed by atoms with Crippen molar-refractivity contribution < 1.29 is 19.8 Å². The van der Waals surface area contributed by atoms with Gasteiger partial charge in [0.05, 0.1) is 11.9 Å². The van der Waals surface area contributed by atoms with Crippen LogP contribution in [-0.4, -0.2) is 33.1 Å². The van der Waals surface area contributed by atoms with Crippen molar-refractivity contribution in [2.45, 2.75) is 62.3 Å². The first-order valence-corrected chi connectivity index (χ1v) is 11.4. The van der Waals surface area contributed by atoms with Crippen LogP contribution in [-0.2, 0) is 9.59 Å². The van der Waals surface area contributed by atoms with Crippen molar-refractivity contribution in [1.29, 1.82) is 0 Å². The van der Waals surface area contributed by atoms with Crippen LogP contribution in [0, 0.1) is 0 Å². The average Bonchev–Trinajstić information content (AvgIpc) is 2.40. The first-order valence-electron chi connectivity index (χ1n) is 7.34. The van der Waals surface area contributed by atoms with Gasteiger partial charge in [-0.3, -0.25) is 0 Å². The summed E-state index contributed by atoms with van der Waals surface area (Å²) in [5.74, 6) is -2.28. The van der Waals surface area contributed by atoms with Gasteiger partial charge in [-0.1, -0.05) is 12.2 Å². The van der Waals surface area contributed by atoms with E-state index in [-0.39, 0.29) is 21.1 Å². The molecule has 0 aliphatic rings. The van der Waals surface area contributed by atoms with Gasteiger partial charge >= 0.3 is 69.5 Å². The van der Waals surface area contributed by atoms with Crippen LogP contribution < -0.4 is 10.2 Å². The fourth-order valence-corrected chi connectivity index (χ4v) is 5.16. The molecule has 0 fully saturated rings. The molecule has 0 rings (SSSR count). The van der Waals surface area contributed by atoms with Gasteiger partial charge in [-0.05, 0) is 26.0 Å². The molecule has 0 spiro atoms. The van der Waals surface area contributed by atoms with E-state index in [2.05, 4.69) is 13.8 Å². The van der Waals surface area contributed by atoms with Crippen LogP contribution in [0.15, 0.2) is 24.3 Å². The second kappa shape index (κ2) is 24.3. The maximum atomic E-state index is 9.40. The molecule has 0 radical (unpaired) electrons. The summed E-state index contributed by atoms with van der Waals surface area (Å²) in [5, 5.41) is 18.8. The molecule has 0 unspecified atom stereocenters. The topological polar surface area (TPSA) is 80.3 Å². The van der Waals surface area contributed by atoms with Crippen molar-refractivity contribution in [3.8, 4) is 0 Å². The number of hydrogen-bond donors (Lipinski definition) is 0. The number of allylic oxidation sites excluding steroid dienone is 2. The monoisotopic (exact) mass is 404 g/mol. The molecule has 0 amide bonds. The summed E-state index contributed by atoms with van der Waals surface area (Å²) in [6.45, 7) is 7.82. The predicted octanol–water partition coefficient (Wildman–Crippen LogP) is 1.75. The molecule has 5 heteroatoms. The van der Waals surface area contributed by atoms with Crippen LogP contribution in [0.2, 0.25) is 8.87 Å². The van der Waals surface area contributed by atoms with Gasteiger partial charge in [0.25, 0.3) is 0 Å². The molecule has 0 saturated carbocycles. The van der Waals surface area contributed by atoms with E-state index in [9.17, 15) is 19.8 Å². The van der Waals surface area contributed by atoms with Crippen LogP contribution in [0.25, 0.3) is 0 Å². The first-order chi connectivity index (χ1) is 9.95. The second-order valence-electron chi connectivity index (χ2n) is 4.10. The van der Waals surface area contributed by atoms with Gasteiger partial charge in [0, 0.05) is 0 Å². The normalized spacial score (nSPS) is 9.33. The van der Waals surface area contributed by atoms with Crippen LogP contribution >= 0.6 is 0 Å². The van der Waals surface area contributed by atoms with Gasteiger partial charge in [0.15, 0.2) is 0 Å². The van der Waals surface area contributed by atoms with Gasteiger partial charge in [0.2, 0.25) is 0 Å². The summed E-state index contributed by atoms with van der Waals surface area (Å²) in [7, 11) is 0. The van der Waals surface area contributed by atoms with E-state index in [1.165, 1.54) is 37.8 Å². The number of unbranched alkanes of at least 4 members (excludes halogenated alkanes) is 2. The zero-order valence-corrected chi connectivity index (χ0v) is 16.5. The van der Waals surface area contributed by atoms with Crippen LogP contribution in [0.4, 0.5) is 0 Å². The van der Waals surface area contributed by atoms with E-state index in [1.807, 2.05) is 0 Å². The van der Waals surface area contributed by atoms with Gasteiger partial charge in [0.1, 0.15) is 0 Å². The van der Waals surface area contributed by atoms with E-state index < -0.39 is 11.9 Å². The quantitative estimate of drug-likeness (QED) is 0.352. The van der Waals surface area contributed by atoms with Crippen LogP contribution in [0.5, 0.6) is 0 Å². The number of carbonyl (C=O) groups is 2. The summed E-state index contributed by atoms with van der Waals surface area (Å²) in [6, 6.07) is 0. The van der Waals surface area contributed by atoms with Crippen molar-refractivity contribution in [2.24, 2.45) is 0 Å². The summed E-state index contributed by atoms with van der Waals surface area (Å²) >= 11 is 0.149. The number of carboxylic acid groups (broad SMARTS) is 2. The molecule has 0 aromatic rings. The molecule has 0 bridgehead atoms. The number of hydrogen-bond acceptors (Lipinski definition) is 4. The van der Waals surface area contributed by atoms with Crippen molar-refractivity contribution in [3.05, 3.63) is 24.3 Å². The fourth-order valence-electron chi connectivity index (χ4n) is 1.00. The molecule has 0 aliphatic carbocycles. The summed E-state index contributed by atoms with van der Waals surface area (Å²) in [5.41, 5.74) is 0. The predicted molar refractivity (Wildman–Crippen MR) is 84.8 cm³/mol. The molecule has 0 N–H and O–H groups in total. The third-order valence-corrected chi connectivity index (χ3v) is 6.06. The Morgan fingerprint density at radius 3 is 1.33 bits per heavy atom. The summed E-state index contributed by atoms with van der Waals surface area (Å²) in [4.78, 5) is 18.8. The molecule has 120 valence electrons. The van der Waals surface area contributed by atoms with Gasteiger partial charge < -0.3 is 19.8 Å². The first kappa shape index (κ1) is 25.2. The Morgan fingerprint density at radius 2 is 1.19 bits per heavy atom.